The minimum Gasteiger partial charge on any atom is -0.377 e. The topological polar surface area (TPSA) is 72.7 Å². The first-order chi connectivity index (χ1) is 9.11. The van der Waals surface area contributed by atoms with Gasteiger partial charge in [-0.2, -0.15) is 5.10 Å². The van der Waals surface area contributed by atoms with E-state index in [0.29, 0.717) is 18.8 Å². The Balaban J connectivity index is 2.14. The fourth-order valence-corrected chi connectivity index (χ4v) is 1.72. The second kappa shape index (κ2) is 5.79. The van der Waals surface area contributed by atoms with E-state index in [9.17, 15) is 4.79 Å². The average molecular weight is 280 g/mol. The highest BCUT2D eigenvalue weighted by Gasteiger charge is 2.08. The number of hydrogen-bond acceptors (Lipinski definition) is 5. The molecule has 0 atom stereocenters. The van der Waals surface area contributed by atoms with Crippen LogP contribution in [-0.4, -0.2) is 19.7 Å². The zero-order chi connectivity index (χ0) is 13.8. The molecule has 100 valence electrons. The number of halogens is 1. The van der Waals surface area contributed by atoms with Crippen LogP contribution in [0.25, 0.3) is 0 Å². The van der Waals surface area contributed by atoms with Crippen molar-refractivity contribution in [2.45, 2.75) is 26.9 Å². The fraction of sp³-hybridized carbons (Fsp3) is 0.333. The van der Waals surface area contributed by atoms with Crippen molar-refractivity contribution in [1.82, 2.24) is 19.7 Å². The molecule has 0 aliphatic carbocycles. The summed E-state index contributed by atoms with van der Waals surface area (Å²) in [7, 11) is 0. The quantitative estimate of drug-likeness (QED) is 0.921. The molecule has 0 fully saturated rings. The zero-order valence-corrected chi connectivity index (χ0v) is 11.5. The number of nitrogens with one attached hydrogen (secondary N) is 1. The van der Waals surface area contributed by atoms with E-state index < -0.39 is 0 Å². The minimum absolute atomic E-state index is 0.136. The summed E-state index contributed by atoms with van der Waals surface area (Å²) in [6, 6.07) is 0. The van der Waals surface area contributed by atoms with Crippen molar-refractivity contribution in [3.8, 4) is 0 Å². The molecule has 2 rings (SSSR count). The van der Waals surface area contributed by atoms with Crippen LogP contribution in [0.2, 0.25) is 5.02 Å². The summed E-state index contributed by atoms with van der Waals surface area (Å²) >= 11 is 6.00. The van der Waals surface area contributed by atoms with Gasteiger partial charge in [-0.15, -0.1) is 0 Å². The fourth-order valence-electron chi connectivity index (χ4n) is 1.51. The van der Waals surface area contributed by atoms with Gasteiger partial charge >= 0.3 is 0 Å². The van der Waals surface area contributed by atoms with Gasteiger partial charge in [-0.1, -0.05) is 11.6 Å². The van der Waals surface area contributed by atoms with Gasteiger partial charge in [0.2, 0.25) is 0 Å². The van der Waals surface area contributed by atoms with Crippen LogP contribution in [0.15, 0.2) is 23.4 Å². The Labute approximate surface area is 115 Å². The van der Waals surface area contributed by atoms with E-state index in [1.54, 1.807) is 12.4 Å². The standard InChI is InChI=1S/C12H14ClN5O/c1-3-18-12(19)11(13)10(7-17-18)16-6-9-5-14-8(2)4-15-9/h4-5,7,16H,3,6H2,1-2H3. The number of aryl methyl sites for hydroxylation is 2. The number of rotatable bonds is 4. The van der Waals surface area contributed by atoms with Crippen molar-refractivity contribution in [2.75, 3.05) is 5.32 Å². The molecule has 2 heterocycles. The lowest BCUT2D eigenvalue weighted by atomic mass is 10.4. The predicted molar refractivity (Wildman–Crippen MR) is 73.3 cm³/mol. The van der Waals surface area contributed by atoms with Gasteiger partial charge in [-0.3, -0.25) is 14.8 Å². The lowest BCUT2D eigenvalue weighted by Gasteiger charge is -2.08. The van der Waals surface area contributed by atoms with Crippen molar-refractivity contribution in [3.05, 3.63) is 45.4 Å². The van der Waals surface area contributed by atoms with Crippen molar-refractivity contribution in [1.29, 1.82) is 0 Å². The minimum atomic E-state index is -0.302. The van der Waals surface area contributed by atoms with E-state index in [-0.39, 0.29) is 10.6 Å². The maximum Gasteiger partial charge on any atom is 0.287 e. The van der Waals surface area contributed by atoms with E-state index >= 15 is 0 Å². The number of hydrogen-bond donors (Lipinski definition) is 1. The normalized spacial score (nSPS) is 10.5. The Morgan fingerprint density at radius 1 is 1.32 bits per heavy atom. The molecule has 0 aliphatic heterocycles. The summed E-state index contributed by atoms with van der Waals surface area (Å²) in [6.07, 6.45) is 4.90. The van der Waals surface area contributed by atoms with Crippen LogP contribution in [0.1, 0.15) is 18.3 Å². The van der Waals surface area contributed by atoms with Gasteiger partial charge in [0.15, 0.2) is 0 Å². The van der Waals surface area contributed by atoms with Gasteiger partial charge in [0, 0.05) is 12.7 Å². The monoisotopic (exact) mass is 279 g/mol. The van der Waals surface area contributed by atoms with Gasteiger partial charge in [0.1, 0.15) is 5.02 Å². The first-order valence-corrected chi connectivity index (χ1v) is 6.26. The summed E-state index contributed by atoms with van der Waals surface area (Å²) in [5.41, 5.74) is 1.82. The van der Waals surface area contributed by atoms with Crippen molar-refractivity contribution >= 4 is 17.3 Å². The Hall–Kier alpha value is -1.95. The van der Waals surface area contributed by atoms with Crippen LogP contribution in [0.4, 0.5) is 5.69 Å². The molecule has 0 aromatic carbocycles. The molecule has 7 heteroatoms. The molecule has 19 heavy (non-hydrogen) atoms. The largest absolute Gasteiger partial charge is 0.377 e. The Morgan fingerprint density at radius 3 is 2.74 bits per heavy atom. The molecule has 2 aromatic heterocycles. The summed E-state index contributed by atoms with van der Waals surface area (Å²) in [5, 5.41) is 7.17. The summed E-state index contributed by atoms with van der Waals surface area (Å²) in [6.45, 7) is 4.63. The van der Waals surface area contributed by atoms with Gasteiger partial charge in [0.25, 0.3) is 5.56 Å². The van der Waals surface area contributed by atoms with Crippen LogP contribution >= 0.6 is 11.6 Å². The maximum atomic E-state index is 11.8. The SMILES string of the molecule is CCn1ncc(NCc2cnc(C)cn2)c(Cl)c1=O. The molecular weight excluding hydrogens is 266 g/mol. The lowest BCUT2D eigenvalue weighted by Crippen LogP contribution is -2.23. The van der Waals surface area contributed by atoms with E-state index in [4.69, 9.17) is 11.6 Å². The summed E-state index contributed by atoms with van der Waals surface area (Å²) < 4.78 is 1.30. The smallest absolute Gasteiger partial charge is 0.287 e. The molecule has 0 bridgehead atoms. The van der Waals surface area contributed by atoms with Crippen LogP contribution in [0.3, 0.4) is 0 Å². The highest BCUT2D eigenvalue weighted by Crippen LogP contribution is 2.15. The molecule has 0 unspecified atom stereocenters. The number of nitrogens with zero attached hydrogens (tertiary/aromatic N) is 4. The highest BCUT2D eigenvalue weighted by molar-refractivity contribution is 6.32. The molecule has 1 N–H and O–H groups in total. The maximum absolute atomic E-state index is 11.8. The van der Waals surface area contributed by atoms with Crippen LogP contribution in [-0.2, 0) is 13.1 Å². The van der Waals surface area contributed by atoms with E-state index in [0.717, 1.165) is 11.4 Å². The third-order valence-electron chi connectivity index (χ3n) is 2.58. The number of aromatic nitrogens is 4. The Kier molecular flexibility index (Phi) is 4.11. The van der Waals surface area contributed by atoms with E-state index in [2.05, 4.69) is 20.4 Å². The third kappa shape index (κ3) is 3.08. The summed E-state index contributed by atoms with van der Waals surface area (Å²) in [5.74, 6) is 0. The molecule has 2 aromatic rings. The summed E-state index contributed by atoms with van der Waals surface area (Å²) in [4.78, 5) is 20.1. The highest BCUT2D eigenvalue weighted by atomic mass is 35.5. The molecular formula is C12H14ClN5O. The molecule has 0 saturated heterocycles. The molecule has 0 radical (unpaired) electrons. The van der Waals surface area contributed by atoms with Gasteiger partial charge in [-0.25, -0.2) is 4.68 Å². The predicted octanol–water partition coefficient (Wildman–Crippen LogP) is 1.63. The zero-order valence-electron chi connectivity index (χ0n) is 10.7. The molecule has 0 saturated carbocycles. The van der Waals surface area contributed by atoms with E-state index in [1.807, 2.05) is 13.8 Å². The van der Waals surface area contributed by atoms with Gasteiger partial charge < -0.3 is 5.32 Å². The Bertz CT molecular complexity index is 623. The van der Waals surface area contributed by atoms with Crippen LogP contribution < -0.4 is 10.9 Å². The third-order valence-corrected chi connectivity index (χ3v) is 2.94. The molecule has 0 aliphatic rings. The second-order valence-corrected chi connectivity index (χ2v) is 4.37. The van der Waals surface area contributed by atoms with Gasteiger partial charge in [0.05, 0.1) is 36.0 Å². The number of anilines is 1. The first kappa shape index (κ1) is 13.5. The average Bonchev–Trinajstić information content (AvgIpc) is 2.42. The second-order valence-electron chi connectivity index (χ2n) is 4.00. The Morgan fingerprint density at radius 2 is 2.11 bits per heavy atom. The van der Waals surface area contributed by atoms with Gasteiger partial charge in [-0.05, 0) is 13.8 Å². The van der Waals surface area contributed by atoms with Crippen LogP contribution in [0, 0.1) is 6.92 Å². The van der Waals surface area contributed by atoms with Crippen molar-refractivity contribution in [2.24, 2.45) is 0 Å². The van der Waals surface area contributed by atoms with E-state index in [1.165, 1.54) is 10.9 Å². The first-order valence-electron chi connectivity index (χ1n) is 5.88. The molecule has 6 nitrogen and oxygen atoms in total. The van der Waals surface area contributed by atoms with Crippen LogP contribution in [0.5, 0.6) is 0 Å². The molecule has 0 amide bonds. The molecule has 0 spiro atoms. The van der Waals surface area contributed by atoms with Crippen molar-refractivity contribution in [3.63, 3.8) is 0 Å². The lowest BCUT2D eigenvalue weighted by molar-refractivity contribution is 0.616. The van der Waals surface area contributed by atoms with Crippen molar-refractivity contribution < 1.29 is 0 Å².